The lowest BCUT2D eigenvalue weighted by Gasteiger charge is -2.37. The first-order chi connectivity index (χ1) is 14.7. The number of ether oxygens (including phenoxy) is 3. The van der Waals surface area contributed by atoms with Crippen LogP contribution in [-0.4, -0.2) is 28.6 Å². The van der Waals surface area contributed by atoms with E-state index in [1.165, 1.54) is 11.1 Å². The Morgan fingerprint density at radius 1 is 1.00 bits per heavy atom. The number of para-hydroxylation sites is 1. The van der Waals surface area contributed by atoms with Crippen molar-refractivity contribution in [1.29, 1.82) is 0 Å². The minimum absolute atomic E-state index is 0.175. The van der Waals surface area contributed by atoms with Gasteiger partial charge in [0.2, 0.25) is 8.32 Å². The summed E-state index contributed by atoms with van der Waals surface area (Å²) < 4.78 is 23.7. The van der Waals surface area contributed by atoms with Gasteiger partial charge in [-0.2, -0.15) is 0 Å². The first-order valence-corrected chi connectivity index (χ1v) is 14.0. The van der Waals surface area contributed by atoms with Gasteiger partial charge in [0.05, 0.1) is 26.9 Å². The molecule has 0 unspecified atom stereocenters. The van der Waals surface area contributed by atoms with Crippen LogP contribution >= 0.6 is 0 Å². The topological polar surface area (TPSA) is 36.9 Å². The maximum atomic E-state index is 6.58. The van der Waals surface area contributed by atoms with E-state index < -0.39 is 8.32 Å². The van der Waals surface area contributed by atoms with Crippen LogP contribution in [0.1, 0.15) is 43.9 Å². The van der Waals surface area contributed by atoms with Crippen LogP contribution in [0.4, 0.5) is 0 Å². The largest absolute Gasteiger partial charge is 0.543 e. The van der Waals surface area contributed by atoms with Crippen molar-refractivity contribution in [3.05, 3.63) is 65.2 Å². The molecule has 4 nitrogen and oxygen atoms in total. The minimum atomic E-state index is -1.87. The molecule has 5 heteroatoms. The van der Waals surface area contributed by atoms with Gasteiger partial charge in [0.25, 0.3) is 0 Å². The van der Waals surface area contributed by atoms with E-state index in [1.807, 2.05) is 24.3 Å². The first kappa shape index (κ1) is 23.4. The number of hydrogen-bond acceptors (Lipinski definition) is 4. The van der Waals surface area contributed by atoms with Crippen LogP contribution in [-0.2, 0) is 22.2 Å². The number of methoxy groups -OCH3 is 1. The zero-order valence-electron chi connectivity index (χ0n) is 19.8. The summed E-state index contributed by atoms with van der Waals surface area (Å²) in [5.41, 5.74) is 3.54. The molecule has 0 radical (unpaired) electrons. The Balaban J connectivity index is 1.48. The molecule has 1 aliphatic rings. The molecule has 2 aromatic carbocycles. The van der Waals surface area contributed by atoms with Gasteiger partial charge >= 0.3 is 0 Å². The number of benzene rings is 2. The van der Waals surface area contributed by atoms with Gasteiger partial charge < -0.3 is 18.6 Å². The van der Waals surface area contributed by atoms with Crippen LogP contribution in [0, 0.1) is 0 Å². The normalized spacial score (nSPS) is 13.5. The molecule has 2 aromatic rings. The lowest BCUT2D eigenvalue weighted by atomic mass is 10.1. The van der Waals surface area contributed by atoms with E-state index in [0.29, 0.717) is 19.8 Å². The van der Waals surface area contributed by atoms with Crippen LogP contribution in [0.3, 0.4) is 0 Å². The smallest absolute Gasteiger partial charge is 0.250 e. The molecule has 0 spiro atoms. The fourth-order valence-corrected chi connectivity index (χ4v) is 4.29. The molecular formula is C26H36O4Si. The Kier molecular flexibility index (Phi) is 7.49. The molecule has 0 aromatic heterocycles. The van der Waals surface area contributed by atoms with Crippen molar-refractivity contribution in [3.63, 3.8) is 0 Å². The molecule has 0 fully saturated rings. The average molecular weight is 441 g/mol. The monoisotopic (exact) mass is 440 g/mol. The van der Waals surface area contributed by atoms with E-state index >= 15 is 0 Å². The second kappa shape index (κ2) is 9.92. The summed E-state index contributed by atoms with van der Waals surface area (Å²) in [5, 5.41) is 0.175. The van der Waals surface area contributed by atoms with Crippen LogP contribution in [0.15, 0.2) is 48.5 Å². The van der Waals surface area contributed by atoms with E-state index in [-0.39, 0.29) is 5.04 Å². The molecule has 1 aliphatic carbocycles. The molecule has 31 heavy (non-hydrogen) atoms. The first-order valence-electron chi connectivity index (χ1n) is 11.1. The van der Waals surface area contributed by atoms with Crippen LogP contribution in [0.5, 0.6) is 11.5 Å². The highest BCUT2D eigenvalue weighted by molar-refractivity contribution is 6.74. The summed E-state index contributed by atoms with van der Waals surface area (Å²) in [5.74, 6) is 2.77. The van der Waals surface area contributed by atoms with Gasteiger partial charge in [0.15, 0.2) is 0 Å². The summed E-state index contributed by atoms with van der Waals surface area (Å²) in [6.45, 7) is 13.2. The second-order valence-corrected chi connectivity index (χ2v) is 14.2. The molecule has 3 rings (SSSR count). The van der Waals surface area contributed by atoms with Crippen LogP contribution in [0.25, 0.3) is 5.76 Å². The zero-order chi connectivity index (χ0) is 22.5. The Morgan fingerprint density at radius 2 is 1.77 bits per heavy atom. The molecule has 0 aliphatic heterocycles. The van der Waals surface area contributed by atoms with Crippen molar-refractivity contribution < 1.29 is 18.6 Å². The fraction of sp³-hybridized carbons (Fsp3) is 0.462. The van der Waals surface area contributed by atoms with Crippen molar-refractivity contribution in [2.45, 2.75) is 58.4 Å². The fourth-order valence-electron chi connectivity index (χ4n) is 3.25. The van der Waals surface area contributed by atoms with Crippen molar-refractivity contribution in [1.82, 2.24) is 0 Å². The summed E-state index contributed by atoms with van der Waals surface area (Å²) in [6.07, 6.45) is 3.96. The molecule has 0 bridgehead atoms. The Labute approximate surface area is 188 Å². The molecule has 0 saturated carbocycles. The molecule has 0 atom stereocenters. The molecule has 0 N–H and O–H groups in total. The van der Waals surface area contributed by atoms with Gasteiger partial charge in [-0.15, -0.1) is 0 Å². The molecule has 168 valence electrons. The summed E-state index contributed by atoms with van der Waals surface area (Å²) in [6, 6.07) is 14.3. The lowest BCUT2D eigenvalue weighted by molar-refractivity contribution is 0.105. The third kappa shape index (κ3) is 5.92. The molecule has 0 heterocycles. The highest BCUT2D eigenvalue weighted by Crippen LogP contribution is 2.42. The van der Waals surface area contributed by atoms with E-state index in [9.17, 15) is 0 Å². The predicted molar refractivity (Wildman–Crippen MR) is 129 cm³/mol. The minimum Gasteiger partial charge on any atom is -0.543 e. The Morgan fingerprint density at radius 3 is 2.52 bits per heavy atom. The average Bonchev–Trinajstić information content (AvgIpc) is 3.11. The van der Waals surface area contributed by atoms with Crippen LogP contribution in [0.2, 0.25) is 18.1 Å². The van der Waals surface area contributed by atoms with E-state index in [2.05, 4.69) is 58.1 Å². The highest BCUT2D eigenvalue weighted by atomic mass is 28.4. The maximum absolute atomic E-state index is 6.58. The molecular weight excluding hydrogens is 404 g/mol. The van der Waals surface area contributed by atoms with Gasteiger partial charge in [-0.25, -0.2) is 0 Å². The van der Waals surface area contributed by atoms with Gasteiger partial charge in [-0.1, -0.05) is 45.0 Å². The quantitative estimate of drug-likeness (QED) is 0.308. The lowest BCUT2D eigenvalue weighted by Crippen LogP contribution is -2.40. The van der Waals surface area contributed by atoms with Gasteiger partial charge in [0.1, 0.15) is 17.3 Å². The summed E-state index contributed by atoms with van der Waals surface area (Å²) in [7, 11) is -0.184. The van der Waals surface area contributed by atoms with Crippen molar-refractivity contribution in [2.75, 3.05) is 20.3 Å². The van der Waals surface area contributed by atoms with Gasteiger partial charge in [0, 0.05) is 17.5 Å². The Bertz CT molecular complexity index is 912. The zero-order valence-corrected chi connectivity index (χ0v) is 20.8. The third-order valence-electron chi connectivity index (χ3n) is 6.18. The molecule has 0 amide bonds. The highest BCUT2D eigenvalue weighted by Gasteiger charge is 2.40. The number of allylic oxidation sites excluding steroid dienone is 1. The third-order valence-corrected chi connectivity index (χ3v) is 10.5. The van der Waals surface area contributed by atoms with Gasteiger partial charge in [-0.05, 0) is 54.4 Å². The molecule has 0 saturated heterocycles. The second-order valence-electron chi connectivity index (χ2n) is 9.52. The SMILES string of the molecule is COc1ccccc1COCCCOc1ccc2c(c1)C(O[Si](C)(C)C(C)(C)C)=CC2. The Hall–Kier alpha value is -2.24. The van der Waals surface area contributed by atoms with E-state index in [1.54, 1.807) is 7.11 Å². The van der Waals surface area contributed by atoms with Crippen molar-refractivity contribution >= 4 is 14.1 Å². The predicted octanol–water partition coefficient (Wildman–Crippen LogP) is 6.60. The number of hydrogen-bond donors (Lipinski definition) is 0. The van der Waals surface area contributed by atoms with E-state index in [4.69, 9.17) is 18.6 Å². The van der Waals surface area contributed by atoms with Crippen molar-refractivity contribution in [3.8, 4) is 11.5 Å². The number of fused-ring (bicyclic) bond motifs is 1. The summed E-state index contributed by atoms with van der Waals surface area (Å²) in [4.78, 5) is 0. The summed E-state index contributed by atoms with van der Waals surface area (Å²) >= 11 is 0. The standard InChI is InChI=1S/C26H36O4Si/c1-26(2,3)31(5,6)30-25-15-13-20-12-14-22(18-23(20)25)29-17-9-16-28-19-21-10-7-8-11-24(21)27-4/h7-8,10-12,14-15,18H,9,13,16-17,19H2,1-6H3. The number of rotatable bonds is 10. The van der Waals surface area contributed by atoms with Gasteiger partial charge in [-0.3, -0.25) is 0 Å². The van der Waals surface area contributed by atoms with E-state index in [0.717, 1.165) is 35.7 Å². The maximum Gasteiger partial charge on any atom is 0.250 e. The van der Waals surface area contributed by atoms with Crippen molar-refractivity contribution in [2.24, 2.45) is 0 Å². The van der Waals surface area contributed by atoms with Crippen LogP contribution < -0.4 is 9.47 Å².